The van der Waals surface area contributed by atoms with E-state index >= 15 is 0 Å². The lowest BCUT2D eigenvalue weighted by Gasteiger charge is -2.22. The Kier molecular flexibility index (Phi) is 8.10. The number of nitrogens with one attached hydrogen (secondary N) is 2. The van der Waals surface area contributed by atoms with Gasteiger partial charge in [-0.2, -0.15) is 5.10 Å². The summed E-state index contributed by atoms with van der Waals surface area (Å²) in [7, 11) is 2.65. The number of carbonyl (C=O) groups is 3. The first-order chi connectivity index (χ1) is 15.6. The van der Waals surface area contributed by atoms with Crippen LogP contribution in [0, 0.1) is 0 Å². The third-order valence-corrected chi connectivity index (χ3v) is 5.96. The molecule has 0 bridgehead atoms. The lowest BCUT2D eigenvalue weighted by molar-refractivity contribution is 0.0921. The average Bonchev–Trinajstić information content (AvgIpc) is 3.17. The molecule has 0 aliphatic rings. The van der Waals surface area contributed by atoms with Gasteiger partial charge in [0.25, 0.3) is 11.8 Å². The van der Waals surface area contributed by atoms with Gasteiger partial charge >= 0.3 is 6.09 Å². The van der Waals surface area contributed by atoms with Crippen LogP contribution in [0.5, 0.6) is 0 Å². The number of hydrazine groups is 1. The largest absolute Gasteiger partial charge is 0.452 e. The average molecular weight is 666 g/mol. The molecule has 0 atom stereocenters. The fourth-order valence-corrected chi connectivity index (χ4v) is 4.85. The number of ether oxygens (including phenoxy) is 1. The number of aromatic nitrogens is 3. The van der Waals surface area contributed by atoms with Crippen LogP contribution >= 0.6 is 59.4 Å². The number of amides is 3. The Balaban J connectivity index is 2.04. The normalized spacial score (nSPS) is 10.5. The van der Waals surface area contributed by atoms with E-state index in [1.165, 1.54) is 35.0 Å². The van der Waals surface area contributed by atoms with Gasteiger partial charge in [-0.1, -0.05) is 27.5 Å². The molecule has 0 saturated heterocycles. The van der Waals surface area contributed by atoms with Gasteiger partial charge in [0.1, 0.15) is 10.3 Å². The molecule has 10 nitrogen and oxygen atoms in total. The molecule has 0 aliphatic carbocycles. The van der Waals surface area contributed by atoms with Crippen LogP contribution < -0.4 is 15.8 Å². The number of pyridine rings is 1. The smallest absolute Gasteiger partial charge is 0.425 e. The first kappa shape index (κ1) is 25.1. The molecular formula is C19H14Br3ClN6O4. The Morgan fingerprint density at radius 1 is 1.15 bits per heavy atom. The van der Waals surface area contributed by atoms with Gasteiger partial charge in [0, 0.05) is 28.3 Å². The predicted molar refractivity (Wildman–Crippen MR) is 132 cm³/mol. The molecule has 0 aliphatic heterocycles. The monoisotopic (exact) mass is 662 g/mol. The van der Waals surface area contributed by atoms with E-state index < -0.39 is 17.9 Å². The predicted octanol–water partition coefficient (Wildman–Crippen LogP) is 4.49. The maximum Gasteiger partial charge on any atom is 0.425 e. The third kappa shape index (κ3) is 5.54. The van der Waals surface area contributed by atoms with E-state index in [1.807, 2.05) is 0 Å². The highest BCUT2D eigenvalue weighted by molar-refractivity contribution is 9.11. The van der Waals surface area contributed by atoms with Crippen LogP contribution in [0.3, 0.4) is 0 Å². The summed E-state index contributed by atoms with van der Waals surface area (Å²) in [4.78, 5) is 43.1. The molecular weight excluding hydrogens is 651 g/mol. The minimum absolute atomic E-state index is 0.0875. The lowest BCUT2D eigenvalue weighted by Crippen LogP contribution is -2.42. The number of carbonyl (C=O) groups excluding carboxylic acids is 3. The van der Waals surface area contributed by atoms with Crippen LogP contribution in [0.1, 0.15) is 20.8 Å². The van der Waals surface area contributed by atoms with E-state index in [9.17, 15) is 14.4 Å². The van der Waals surface area contributed by atoms with Gasteiger partial charge in [-0.3, -0.25) is 15.0 Å². The van der Waals surface area contributed by atoms with Gasteiger partial charge < -0.3 is 9.64 Å². The summed E-state index contributed by atoms with van der Waals surface area (Å²) in [6.07, 6.45) is 0.668. The van der Waals surface area contributed by atoms with Crippen LogP contribution in [0.25, 0.3) is 5.82 Å². The molecule has 14 heteroatoms. The van der Waals surface area contributed by atoms with Crippen LogP contribution in [0.2, 0.25) is 5.02 Å². The Bertz CT molecular complexity index is 1250. The zero-order valence-electron chi connectivity index (χ0n) is 16.9. The van der Waals surface area contributed by atoms with E-state index in [-0.39, 0.29) is 22.8 Å². The fraction of sp³-hybridized carbons (Fsp3) is 0.105. The third-order valence-electron chi connectivity index (χ3n) is 4.21. The number of rotatable bonds is 4. The van der Waals surface area contributed by atoms with Gasteiger partial charge in [-0.25, -0.2) is 19.9 Å². The molecule has 172 valence electrons. The summed E-state index contributed by atoms with van der Waals surface area (Å²) >= 11 is 16.3. The van der Waals surface area contributed by atoms with Crippen molar-refractivity contribution in [2.45, 2.75) is 0 Å². The van der Waals surface area contributed by atoms with Crippen molar-refractivity contribution in [3.63, 3.8) is 0 Å². The number of hydrogen-bond acceptors (Lipinski definition) is 6. The van der Waals surface area contributed by atoms with Crippen LogP contribution in [0.15, 0.2) is 50.1 Å². The van der Waals surface area contributed by atoms with Gasteiger partial charge in [-0.05, 0) is 56.1 Å². The van der Waals surface area contributed by atoms with E-state index in [2.05, 4.69) is 73.5 Å². The van der Waals surface area contributed by atoms with E-state index in [0.29, 0.717) is 18.6 Å². The second-order valence-electron chi connectivity index (χ2n) is 6.29. The van der Waals surface area contributed by atoms with Crippen molar-refractivity contribution < 1.29 is 19.1 Å². The molecule has 3 amide bonds. The molecule has 2 N–H and O–H groups in total. The Labute approximate surface area is 218 Å². The minimum atomic E-state index is -0.857. The molecule has 0 unspecified atom stereocenters. The maximum absolute atomic E-state index is 13.5. The number of hydrogen-bond donors (Lipinski definition) is 2. The van der Waals surface area contributed by atoms with Crippen molar-refractivity contribution in [3.05, 3.63) is 66.4 Å². The second kappa shape index (κ2) is 10.6. The number of nitrogens with zero attached hydrogens (tertiary/aromatic N) is 4. The lowest BCUT2D eigenvalue weighted by atomic mass is 10.1. The summed E-state index contributed by atoms with van der Waals surface area (Å²) in [6.45, 7) is 0. The zero-order valence-corrected chi connectivity index (χ0v) is 22.4. The van der Waals surface area contributed by atoms with Gasteiger partial charge in [-0.15, -0.1) is 0 Å². The molecule has 0 saturated carbocycles. The highest BCUT2D eigenvalue weighted by atomic mass is 79.9. The van der Waals surface area contributed by atoms with Crippen molar-refractivity contribution in [3.8, 4) is 5.82 Å². The molecule has 0 radical (unpaired) electrons. The molecule has 3 rings (SSSR count). The van der Waals surface area contributed by atoms with E-state index in [0.717, 1.165) is 7.11 Å². The van der Waals surface area contributed by atoms with Crippen molar-refractivity contribution >= 4 is 83.0 Å². The highest BCUT2D eigenvalue weighted by Crippen LogP contribution is 2.34. The van der Waals surface area contributed by atoms with Crippen molar-refractivity contribution in [1.82, 2.24) is 25.6 Å². The van der Waals surface area contributed by atoms with Crippen LogP contribution in [-0.2, 0) is 4.74 Å². The maximum atomic E-state index is 13.5. The Morgan fingerprint density at radius 2 is 1.88 bits per heavy atom. The Hall–Kier alpha value is -2.48. The summed E-state index contributed by atoms with van der Waals surface area (Å²) in [6, 6.07) is 7.96. The van der Waals surface area contributed by atoms with E-state index in [4.69, 9.17) is 11.6 Å². The number of halogens is 4. The van der Waals surface area contributed by atoms with Crippen molar-refractivity contribution in [2.24, 2.45) is 0 Å². The fourth-order valence-electron chi connectivity index (χ4n) is 2.78. The van der Waals surface area contributed by atoms with E-state index in [1.54, 1.807) is 18.2 Å². The number of benzene rings is 1. The molecule has 2 heterocycles. The SMILES string of the molecule is COC(=O)NNC(=O)c1cc(Br)cc(Br)c1N(C)C(=O)c1cc(Br)nn1-c1ncccc1Cl. The Morgan fingerprint density at radius 3 is 2.55 bits per heavy atom. The van der Waals surface area contributed by atoms with Gasteiger partial charge in [0.2, 0.25) is 0 Å². The minimum Gasteiger partial charge on any atom is -0.452 e. The van der Waals surface area contributed by atoms with Gasteiger partial charge in [0.15, 0.2) is 5.82 Å². The van der Waals surface area contributed by atoms with Crippen molar-refractivity contribution in [1.29, 1.82) is 0 Å². The molecule has 0 fully saturated rings. The van der Waals surface area contributed by atoms with Crippen LogP contribution in [0.4, 0.5) is 10.5 Å². The molecule has 2 aromatic heterocycles. The summed E-state index contributed by atoms with van der Waals surface area (Å²) in [5.74, 6) is -0.927. The highest BCUT2D eigenvalue weighted by Gasteiger charge is 2.27. The molecule has 1 aromatic carbocycles. The summed E-state index contributed by atoms with van der Waals surface area (Å²) < 4.78 is 7.14. The number of anilines is 1. The zero-order chi connectivity index (χ0) is 24.3. The molecule has 3 aromatic rings. The topological polar surface area (TPSA) is 118 Å². The van der Waals surface area contributed by atoms with Crippen LogP contribution in [-0.4, -0.2) is 46.8 Å². The quantitative estimate of drug-likeness (QED) is 0.397. The first-order valence-electron chi connectivity index (χ1n) is 8.92. The van der Waals surface area contributed by atoms with Crippen molar-refractivity contribution in [2.75, 3.05) is 19.1 Å². The molecule has 0 spiro atoms. The first-order valence-corrected chi connectivity index (χ1v) is 11.7. The molecule has 33 heavy (non-hydrogen) atoms. The summed E-state index contributed by atoms with van der Waals surface area (Å²) in [5, 5.41) is 4.57. The van der Waals surface area contributed by atoms with Gasteiger partial charge in [0.05, 0.1) is 23.4 Å². The second-order valence-corrected chi connectivity index (χ2v) is 9.28. The number of methoxy groups -OCH3 is 1. The summed E-state index contributed by atoms with van der Waals surface area (Å²) in [5.41, 5.74) is 4.79. The standard InChI is InChI=1S/C19H14Br3ClN6O4/c1-28(15-10(6-9(20)7-11(15)21)17(30)25-26-19(32)33-2)18(31)13-8-14(22)27-29(13)16-12(23)4-3-5-24-16/h3-8H,1-2H3,(H,25,30)(H,26,32).